The summed E-state index contributed by atoms with van der Waals surface area (Å²) in [6.07, 6.45) is 4.29. The van der Waals surface area contributed by atoms with Crippen LogP contribution in [0, 0.1) is 0 Å². The third-order valence-corrected chi connectivity index (χ3v) is 6.34. The number of carbonyl (C=O) groups is 1. The van der Waals surface area contributed by atoms with Gasteiger partial charge in [-0.15, -0.1) is 0 Å². The van der Waals surface area contributed by atoms with E-state index in [4.69, 9.17) is 4.74 Å². The summed E-state index contributed by atoms with van der Waals surface area (Å²) in [5, 5.41) is 2.96. The third-order valence-electron chi connectivity index (χ3n) is 4.43. The van der Waals surface area contributed by atoms with Crippen molar-refractivity contribution in [1.29, 1.82) is 0 Å². The van der Waals surface area contributed by atoms with Gasteiger partial charge >= 0.3 is 0 Å². The fourth-order valence-electron chi connectivity index (χ4n) is 2.91. The molecule has 0 aliphatic carbocycles. The number of pyridine rings is 1. The van der Waals surface area contributed by atoms with E-state index in [1.807, 2.05) is 0 Å². The van der Waals surface area contributed by atoms with Gasteiger partial charge in [0, 0.05) is 37.1 Å². The highest BCUT2D eigenvalue weighted by Crippen LogP contribution is 2.23. The van der Waals surface area contributed by atoms with Gasteiger partial charge in [-0.2, -0.15) is 4.31 Å². The molecule has 2 heterocycles. The largest absolute Gasteiger partial charge is 0.497 e. The van der Waals surface area contributed by atoms with E-state index in [0.29, 0.717) is 37.2 Å². The number of amides is 1. The Balaban J connectivity index is 1.59. The van der Waals surface area contributed by atoms with E-state index < -0.39 is 10.0 Å². The number of nitrogens with zero attached hydrogens (tertiary/aromatic N) is 2. The lowest BCUT2D eigenvalue weighted by atomic mass is 10.1. The Morgan fingerprint density at radius 2 is 1.73 bits per heavy atom. The van der Waals surface area contributed by atoms with Crippen molar-refractivity contribution in [3.8, 4) is 5.75 Å². The molecule has 0 bridgehead atoms. The van der Waals surface area contributed by atoms with Crippen molar-refractivity contribution in [2.75, 3.05) is 20.2 Å². The van der Waals surface area contributed by atoms with E-state index in [2.05, 4.69) is 10.3 Å². The number of hydrogen-bond donors (Lipinski definition) is 1. The SMILES string of the molecule is COc1ccc(S(=O)(=O)N2CCC(NC(=O)c3ccncc3)CC2)cc1. The monoisotopic (exact) mass is 375 g/mol. The van der Waals surface area contributed by atoms with E-state index in [9.17, 15) is 13.2 Å². The smallest absolute Gasteiger partial charge is 0.251 e. The number of aromatic nitrogens is 1. The van der Waals surface area contributed by atoms with Crippen LogP contribution in [0.5, 0.6) is 5.75 Å². The molecular weight excluding hydrogens is 354 g/mol. The number of methoxy groups -OCH3 is 1. The van der Waals surface area contributed by atoms with Gasteiger partial charge in [-0.1, -0.05) is 0 Å². The van der Waals surface area contributed by atoms with Crippen LogP contribution < -0.4 is 10.1 Å². The molecule has 0 unspecified atom stereocenters. The minimum Gasteiger partial charge on any atom is -0.497 e. The first-order valence-electron chi connectivity index (χ1n) is 8.36. The number of rotatable bonds is 5. The van der Waals surface area contributed by atoms with Gasteiger partial charge < -0.3 is 10.1 Å². The van der Waals surface area contributed by atoms with Crippen molar-refractivity contribution in [3.05, 3.63) is 54.4 Å². The minimum atomic E-state index is -3.53. The normalized spacial score (nSPS) is 16.2. The van der Waals surface area contributed by atoms with Crippen LogP contribution in [0.3, 0.4) is 0 Å². The molecule has 1 aromatic heterocycles. The molecule has 8 heteroatoms. The molecule has 1 saturated heterocycles. The zero-order chi connectivity index (χ0) is 18.6. The van der Waals surface area contributed by atoms with Crippen LogP contribution in [0.2, 0.25) is 0 Å². The number of sulfonamides is 1. The predicted molar refractivity (Wildman–Crippen MR) is 96.5 cm³/mol. The van der Waals surface area contributed by atoms with Gasteiger partial charge in [-0.3, -0.25) is 9.78 Å². The van der Waals surface area contributed by atoms with Gasteiger partial charge in [-0.05, 0) is 49.2 Å². The topological polar surface area (TPSA) is 88.6 Å². The third kappa shape index (κ3) is 4.03. The van der Waals surface area contributed by atoms with E-state index in [0.717, 1.165) is 0 Å². The first kappa shape index (κ1) is 18.3. The van der Waals surface area contributed by atoms with Crippen molar-refractivity contribution >= 4 is 15.9 Å². The first-order valence-corrected chi connectivity index (χ1v) is 9.80. The molecule has 0 atom stereocenters. The lowest BCUT2D eigenvalue weighted by molar-refractivity contribution is 0.0923. The van der Waals surface area contributed by atoms with Crippen LogP contribution in [-0.2, 0) is 10.0 Å². The summed E-state index contributed by atoms with van der Waals surface area (Å²) in [5.74, 6) is 0.449. The summed E-state index contributed by atoms with van der Waals surface area (Å²) in [4.78, 5) is 16.3. The van der Waals surface area contributed by atoms with Crippen molar-refractivity contribution in [1.82, 2.24) is 14.6 Å². The Morgan fingerprint density at radius 3 is 2.31 bits per heavy atom. The molecule has 1 N–H and O–H groups in total. The van der Waals surface area contributed by atoms with E-state index >= 15 is 0 Å². The van der Waals surface area contributed by atoms with Crippen LogP contribution in [0.1, 0.15) is 23.2 Å². The number of piperidine rings is 1. The fourth-order valence-corrected chi connectivity index (χ4v) is 4.38. The Kier molecular flexibility index (Phi) is 5.53. The molecule has 138 valence electrons. The van der Waals surface area contributed by atoms with E-state index in [1.165, 1.54) is 11.4 Å². The molecule has 26 heavy (non-hydrogen) atoms. The molecule has 1 fully saturated rings. The summed E-state index contributed by atoms with van der Waals surface area (Å²) in [6.45, 7) is 0.741. The zero-order valence-electron chi connectivity index (χ0n) is 14.5. The first-order chi connectivity index (χ1) is 12.5. The van der Waals surface area contributed by atoms with Crippen LogP contribution in [0.4, 0.5) is 0 Å². The maximum atomic E-state index is 12.7. The second-order valence-corrected chi connectivity index (χ2v) is 8.00. The van der Waals surface area contributed by atoms with Crippen LogP contribution in [-0.4, -0.2) is 49.9 Å². The molecule has 7 nitrogen and oxygen atoms in total. The molecule has 2 aromatic rings. The summed E-state index contributed by atoms with van der Waals surface area (Å²) in [6, 6.07) is 9.62. The van der Waals surface area contributed by atoms with Gasteiger partial charge in [0.1, 0.15) is 5.75 Å². The minimum absolute atomic E-state index is 0.0435. The van der Waals surface area contributed by atoms with Crippen molar-refractivity contribution in [2.24, 2.45) is 0 Å². The van der Waals surface area contributed by atoms with E-state index in [1.54, 1.807) is 48.8 Å². The Bertz CT molecular complexity index is 846. The Morgan fingerprint density at radius 1 is 1.12 bits per heavy atom. The predicted octanol–water partition coefficient (Wildman–Crippen LogP) is 1.67. The highest BCUT2D eigenvalue weighted by molar-refractivity contribution is 7.89. The summed E-state index contributed by atoms with van der Waals surface area (Å²) in [7, 11) is -2.00. The maximum absolute atomic E-state index is 12.7. The number of ether oxygens (including phenoxy) is 1. The van der Waals surface area contributed by atoms with Crippen molar-refractivity contribution in [2.45, 2.75) is 23.8 Å². The lowest BCUT2D eigenvalue weighted by Gasteiger charge is -2.31. The molecule has 0 spiro atoms. The van der Waals surface area contributed by atoms with Crippen LogP contribution in [0.15, 0.2) is 53.7 Å². The second kappa shape index (κ2) is 7.84. The molecule has 1 aromatic carbocycles. The van der Waals surface area contributed by atoms with Gasteiger partial charge in [0.2, 0.25) is 10.0 Å². The molecule has 1 aliphatic rings. The van der Waals surface area contributed by atoms with Crippen molar-refractivity contribution < 1.29 is 17.9 Å². The number of nitrogens with one attached hydrogen (secondary N) is 1. The van der Waals surface area contributed by atoms with Gasteiger partial charge in [0.25, 0.3) is 5.91 Å². The molecule has 0 saturated carbocycles. The Labute approximate surface area is 153 Å². The maximum Gasteiger partial charge on any atom is 0.251 e. The highest BCUT2D eigenvalue weighted by atomic mass is 32.2. The van der Waals surface area contributed by atoms with Gasteiger partial charge in [0.05, 0.1) is 12.0 Å². The zero-order valence-corrected chi connectivity index (χ0v) is 15.3. The molecular formula is C18H21N3O4S. The molecule has 1 amide bonds. The standard InChI is InChI=1S/C18H21N3O4S/c1-25-16-2-4-17(5-3-16)26(23,24)21-12-8-15(9-13-21)20-18(22)14-6-10-19-11-7-14/h2-7,10-11,15H,8-9,12-13H2,1H3,(H,20,22). The average molecular weight is 375 g/mol. The van der Waals surface area contributed by atoms with Gasteiger partial charge in [-0.25, -0.2) is 8.42 Å². The highest BCUT2D eigenvalue weighted by Gasteiger charge is 2.30. The summed E-state index contributed by atoms with van der Waals surface area (Å²) < 4.78 is 32.0. The van der Waals surface area contributed by atoms with E-state index in [-0.39, 0.29) is 16.8 Å². The summed E-state index contributed by atoms with van der Waals surface area (Å²) >= 11 is 0. The molecule has 3 rings (SSSR count). The molecule has 0 radical (unpaired) electrons. The van der Waals surface area contributed by atoms with Crippen LogP contribution in [0.25, 0.3) is 0 Å². The number of benzene rings is 1. The number of carbonyl (C=O) groups excluding carboxylic acids is 1. The average Bonchev–Trinajstić information content (AvgIpc) is 2.69. The summed E-state index contributed by atoms with van der Waals surface area (Å²) in [5.41, 5.74) is 0.549. The van der Waals surface area contributed by atoms with Crippen LogP contribution >= 0.6 is 0 Å². The quantitative estimate of drug-likeness (QED) is 0.859. The second-order valence-electron chi connectivity index (χ2n) is 6.06. The van der Waals surface area contributed by atoms with Crippen molar-refractivity contribution in [3.63, 3.8) is 0 Å². The van der Waals surface area contributed by atoms with Gasteiger partial charge in [0.15, 0.2) is 0 Å². The fraction of sp³-hybridized carbons (Fsp3) is 0.333. The number of hydrogen-bond acceptors (Lipinski definition) is 5. The Hall–Kier alpha value is -2.45. The molecule has 1 aliphatic heterocycles. The lowest BCUT2D eigenvalue weighted by Crippen LogP contribution is -2.46.